The van der Waals surface area contributed by atoms with E-state index in [0.29, 0.717) is 39.3 Å². The van der Waals surface area contributed by atoms with E-state index in [4.69, 9.17) is 28.4 Å². The third-order valence-corrected chi connectivity index (χ3v) is 9.58. The van der Waals surface area contributed by atoms with E-state index in [1.165, 1.54) is 12.2 Å². The first-order chi connectivity index (χ1) is 23.7. The SMILES string of the molecule is C=CC(=O)OCCCCCCOC(CC)CCC(C)C(=O)OC1CCC(OC(=O)C2CCC(OCCCCCCOC(=O)C=C)CC2)CC1. The first-order valence-electron chi connectivity index (χ1n) is 19.0. The average molecular weight is 693 g/mol. The second-order valence-electron chi connectivity index (χ2n) is 13.6. The number of unbranched alkanes of at least 4 members (excludes halogenated alkanes) is 6. The largest absolute Gasteiger partial charge is 0.463 e. The third-order valence-electron chi connectivity index (χ3n) is 9.58. The predicted octanol–water partition coefficient (Wildman–Crippen LogP) is 7.75. The molecule has 49 heavy (non-hydrogen) atoms. The molecule has 0 aliphatic heterocycles. The lowest BCUT2D eigenvalue weighted by Crippen LogP contribution is -2.34. The summed E-state index contributed by atoms with van der Waals surface area (Å²) < 4.78 is 33.8. The minimum Gasteiger partial charge on any atom is -0.463 e. The van der Waals surface area contributed by atoms with Gasteiger partial charge in [0.1, 0.15) is 12.2 Å². The van der Waals surface area contributed by atoms with E-state index in [9.17, 15) is 19.2 Å². The van der Waals surface area contributed by atoms with Crippen molar-refractivity contribution in [2.45, 2.75) is 160 Å². The molecule has 10 heteroatoms. The Balaban J connectivity index is 1.50. The first kappa shape index (κ1) is 42.4. The third kappa shape index (κ3) is 19.3. The lowest BCUT2D eigenvalue weighted by atomic mass is 9.87. The lowest BCUT2D eigenvalue weighted by molar-refractivity contribution is -0.164. The lowest BCUT2D eigenvalue weighted by Gasteiger charge is -2.31. The molecule has 0 aromatic rings. The Morgan fingerprint density at radius 3 is 1.65 bits per heavy atom. The van der Waals surface area contributed by atoms with Crippen LogP contribution in [0.3, 0.4) is 0 Å². The van der Waals surface area contributed by atoms with Gasteiger partial charge in [0.15, 0.2) is 0 Å². The summed E-state index contributed by atoms with van der Waals surface area (Å²) in [6.07, 6.45) is 18.8. The minimum absolute atomic E-state index is 0.0639. The number of carbonyl (C=O) groups is 4. The van der Waals surface area contributed by atoms with Crippen LogP contribution < -0.4 is 0 Å². The zero-order chi connectivity index (χ0) is 35.7. The van der Waals surface area contributed by atoms with Crippen LogP contribution in [0.5, 0.6) is 0 Å². The highest BCUT2D eigenvalue weighted by Gasteiger charge is 2.32. The molecular weight excluding hydrogens is 628 g/mol. The van der Waals surface area contributed by atoms with Crippen LogP contribution in [0, 0.1) is 11.8 Å². The minimum atomic E-state index is -0.377. The van der Waals surface area contributed by atoms with E-state index in [1.807, 2.05) is 6.92 Å². The molecule has 0 amide bonds. The summed E-state index contributed by atoms with van der Waals surface area (Å²) in [6, 6.07) is 0. The molecule has 0 aromatic heterocycles. The maximum absolute atomic E-state index is 12.9. The Morgan fingerprint density at radius 1 is 0.633 bits per heavy atom. The van der Waals surface area contributed by atoms with Gasteiger partial charge in [0.25, 0.3) is 0 Å². The number of esters is 4. The molecule has 2 atom stereocenters. The van der Waals surface area contributed by atoms with Gasteiger partial charge in [-0.3, -0.25) is 9.59 Å². The molecule has 280 valence electrons. The van der Waals surface area contributed by atoms with Crippen LogP contribution in [0.1, 0.15) is 136 Å². The van der Waals surface area contributed by atoms with E-state index >= 15 is 0 Å². The van der Waals surface area contributed by atoms with E-state index in [-0.39, 0.29) is 60.1 Å². The predicted molar refractivity (Wildman–Crippen MR) is 188 cm³/mol. The van der Waals surface area contributed by atoms with Crippen molar-refractivity contribution in [3.63, 3.8) is 0 Å². The summed E-state index contributed by atoms with van der Waals surface area (Å²) in [4.78, 5) is 47.8. The molecule has 0 N–H and O–H groups in total. The summed E-state index contributed by atoms with van der Waals surface area (Å²) in [7, 11) is 0. The molecule has 10 nitrogen and oxygen atoms in total. The van der Waals surface area contributed by atoms with Crippen molar-refractivity contribution in [2.24, 2.45) is 11.8 Å². The summed E-state index contributed by atoms with van der Waals surface area (Å²) in [5, 5.41) is 0. The van der Waals surface area contributed by atoms with Gasteiger partial charge in [0, 0.05) is 25.4 Å². The van der Waals surface area contributed by atoms with Gasteiger partial charge in [-0.05, 0) is 109 Å². The highest BCUT2D eigenvalue weighted by atomic mass is 16.6. The van der Waals surface area contributed by atoms with Crippen molar-refractivity contribution in [3.8, 4) is 0 Å². The first-order valence-corrected chi connectivity index (χ1v) is 19.0. The van der Waals surface area contributed by atoms with E-state index in [0.717, 1.165) is 109 Å². The molecule has 2 aliphatic rings. The highest BCUT2D eigenvalue weighted by molar-refractivity contribution is 5.81. The molecule has 2 aliphatic carbocycles. The molecular formula is C39H64O10. The monoisotopic (exact) mass is 692 g/mol. The Morgan fingerprint density at radius 2 is 1.12 bits per heavy atom. The molecule has 0 spiro atoms. The molecule has 2 rings (SSSR count). The van der Waals surface area contributed by atoms with Crippen molar-refractivity contribution in [1.29, 1.82) is 0 Å². The van der Waals surface area contributed by atoms with Gasteiger partial charge in [-0.25, -0.2) is 9.59 Å². The number of ether oxygens (including phenoxy) is 6. The Kier molecular flexibility index (Phi) is 22.6. The second-order valence-corrected chi connectivity index (χ2v) is 13.6. The quantitative estimate of drug-likeness (QED) is 0.0385. The number of hydrogen-bond donors (Lipinski definition) is 0. The summed E-state index contributed by atoms with van der Waals surface area (Å²) in [6.45, 7) is 13.1. The van der Waals surface area contributed by atoms with Gasteiger partial charge in [-0.1, -0.05) is 39.8 Å². The fourth-order valence-corrected chi connectivity index (χ4v) is 6.31. The molecule has 2 fully saturated rings. The topological polar surface area (TPSA) is 124 Å². The van der Waals surface area contributed by atoms with Gasteiger partial charge < -0.3 is 28.4 Å². The van der Waals surface area contributed by atoms with Crippen molar-refractivity contribution >= 4 is 23.9 Å². The van der Waals surface area contributed by atoms with E-state index in [1.54, 1.807) is 0 Å². The number of carbonyl (C=O) groups excluding carboxylic acids is 4. The normalized spacial score (nSPS) is 21.9. The molecule has 0 radical (unpaired) electrons. The fourth-order valence-electron chi connectivity index (χ4n) is 6.31. The summed E-state index contributed by atoms with van der Waals surface area (Å²) >= 11 is 0. The summed E-state index contributed by atoms with van der Waals surface area (Å²) in [5.74, 6) is -1.25. The number of hydrogen-bond acceptors (Lipinski definition) is 10. The maximum Gasteiger partial charge on any atom is 0.330 e. The Bertz CT molecular complexity index is 965. The van der Waals surface area contributed by atoms with Crippen LogP contribution in [0.2, 0.25) is 0 Å². The fraction of sp³-hybridized carbons (Fsp3) is 0.795. The van der Waals surface area contributed by atoms with Crippen LogP contribution in [-0.4, -0.2) is 74.7 Å². The van der Waals surface area contributed by atoms with E-state index < -0.39 is 0 Å². The van der Waals surface area contributed by atoms with Crippen LogP contribution in [0.15, 0.2) is 25.3 Å². The molecule has 0 aromatic carbocycles. The molecule has 0 saturated heterocycles. The Hall–Kier alpha value is -2.72. The van der Waals surface area contributed by atoms with Crippen LogP contribution in [0.4, 0.5) is 0 Å². The van der Waals surface area contributed by atoms with Crippen LogP contribution in [0.25, 0.3) is 0 Å². The standard InChI is InChI=1S/C39H64O10/c1-5-32(44-26-12-8-10-14-28-46-36(40)6-2)19-16-30(4)38(42)48-34-22-24-35(25-23-34)49-39(43)31-17-20-33(21-18-31)45-27-13-9-11-15-29-47-37(41)7-3/h6-7,30-35H,2-3,5,8-29H2,1,4H3. The smallest absolute Gasteiger partial charge is 0.330 e. The summed E-state index contributed by atoms with van der Waals surface area (Å²) in [5.41, 5.74) is 0. The molecule has 2 saturated carbocycles. The van der Waals surface area contributed by atoms with Gasteiger partial charge in [0.05, 0.1) is 37.3 Å². The zero-order valence-electron chi connectivity index (χ0n) is 30.4. The molecule has 0 heterocycles. The highest BCUT2D eigenvalue weighted by Crippen LogP contribution is 2.30. The van der Waals surface area contributed by atoms with Crippen LogP contribution in [-0.2, 0) is 47.6 Å². The van der Waals surface area contributed by atoms with Crippen molar-refractivity contribution in [3.05, 3.63) is 25.3 Å². The number of rotatable bonds is 26. The van der Waals surface area contributed by atoms with Gasteiger partial charge in [-0.2, -0.15) is 0 Å². The van der Waals surface area contributed by atoms with E-state index in [2.05, 4.69) is 20.1 Å². The van der Waals surface area contributed by atoms with Gasteiger partial charge in [-0.15, -0.1) is 0 Å². The van der Waals surface area contributed by atoms with Gasteiger partial charge in [0.2, 0.25) is 0 Å². The van der Waals surface area contributed by atoms with Crippen molar-refractivity contribution in [2.75, 3.05) is 26.4 Å². The molecule has 0 bridgehead atoms. The van der Waals surface area contributed by atoms with Crippen LogP contribution >= 0.6 is 0 Å². The Labute approximate surface area is 295 Å². The van der Waals surface area contributed by atoms with Crippen molar-refractivity contribution in [1.82, 2.24) is 0 Å². The molecule has 2 unspecified atom stereocenters. The van der Waals surface area contributed by atoms with Gasteiger partial charge >= 0.3 is 23.9 Å². The average Bonchev–Trinajstić information content (AvgIpc) is 3.12. The zero-order valence-corrected chi connectivity index (χ0v) is 30.4. The second kappa shape index (κ2) is 26.1. The van der Waals surface area contributed by atoms with Crippen molar-refractivity contribution < 1.29 is 47.6 Å². The maximum atomic E-state index is 12.9.